The van der Waals surface area contributed by atoms with E-state index in [-0.39, 0.29) is 61.6 Å². The Morgan fingerprint density at radius 2 is 1.92 bits per heavy atom. The second-order valence-electron chi connectivity index (χ2n) is 10.7. The second kappa shape index (κ2) is 8.32. The van der Waals surface area contributed by atoms with Crippen molar-refractivity contribution in [2.24, 2.45) is 16.5 Å². The number of likely N-dealkylation sites (tertiary alicyclic amines) is 1. The molecule has 0 radical (unpaired) electrons. The Labute approximate surface area is 220 Å². The number of nitrogens with one attached hydrogen (secondary N) is 3. The van der Waals surface area contributed by atoms with Crippen LogP contribution in [0.4, 0.5) is 8.78 Å². The number of hydrogen-bond donors (Lipinski definition) is 7. The molecule has 1 aromatic carbocycles. The number of hydrogen-bond acceptors (Lipinski definition) is 10. The number of rotatable bonds is 4. The summed E-state index contributed by atoms with van der Waals surface area (Å²) >= 11 is 0. The van der Waals surface area contributed by atoms with Gasteiger partial charge in [0.05, 0.1) is 13.1 Å². The number of nitrogens with two attached hydrogens (primary N) is 2. The molecule has 4 atom stereocenters. The molecule has 15 heteroatoms. The molecule has 0 saturated carbocycles. The van der Waals surface area contributed by atoms with E-state index in [9.17, 15) is 33.4 Å². The molecule has 9 N–H and O–H groups in total. The molecule has 39 heavy (non-hydrogen) atoms. The summed E-state index contributed by atoms with van der Waals surface area (Å²) in [6.07, 6.45) is -0.706. The average molecular weight is 548 g/mol. The van der Waals surface area contributed by atoms with Gasteiger partial charge >= 0.3 is 5.96 Å². The predicted octanol–water partition coefficient (Wildman–Crippen LogP) is -2.97. The van der Waals surface area contributed by atoms with Gasteiger partial charge in [-0.25, -0.2) is 18.3 Å². The van der Waals surface area contributed by atoms with Crippen molar-refractivity contribution in [2.45, 2.75) is 67.6 Å². The Hall–Kier alpha value is -3.85. The zero-order valence-electron chi connectivity index (χ0n) is 20.8. The van der Waals surface area contributed by atoms with Crippen molar-refractivity contribution in [3.8, 4) is 0 Å². The van der Waals surface area contributed by atoms with Gasteiger partial charge in [0.2, 0.25) is 23.3 Å². The molecule has 4 heterocycles. The lowest BCUT2D eigenvalue weighted by Gasteiger charge is -2.44. The maximum absolute atomic E-state index is 13.9. The lowest BCUT2D eigenvalue weighted by molar-refractivity contribution is -0.623. The van der Waals surface area contributed by atoms with Gasteiger partial charge < -0.3 is 26.6 Å². The van der Waals surface area contributed by atoms with Crippen LogP contribution in [0.1, 0.15) is 40.7 Å². The van der Waals surface area contributed by atoms with Gasteiger partial charge in [-0.1, -0.05) is 12.1 Å². The summed E-state index contributed by atoms with van der Waals surface area (Å²) < 4.78 is 29.3. The van der Waals surface area contributed by atoms with Crippen LogP contribution >= 0.6 is 0 Å². The summed E-state index contributed by atoms with van der Waals surface area (Å²) in [5.74, 6) is -7.07. The molecule has 2 fully saturated rings. The normalized spacial score (nSPS) is 32.2. The first kappa shape index (κ1) is 25.4. The van der Waals surface area contributed by atoms with E-state index in [4.69, 9.17) is 11.5 Å². The number of nitrogens with zero attached hydrogens (tertiary/aromatic N) is 3. The third-order valence-corrected chi connectivity index (χ3v) is 8.41. The molecular weight excluding hydrogens is 518 g/mol. The zero-order chi connectivity index (χ0) is 27.9. The summed E-state index contributed by atoms with van der Waals surface area (Å²) in [5, 5.41) is 31.7. The molecule has 0 aromatic heterocycles. The van der Waals surface area contributed by atoms with Crippen molar-refractivity contribution in [1.29, 1.82) is 0 Å². The van der Waals surface area contributed by atoms with Crippen molar-refractivity contribution < 1.29 is 38.0 Å². The van der Waals surface area contributed by atoms with Crippen LogP contribution in [0.3, 0.4) is 0 Å². The standard InChI is InChI=1S/C24H28F2N8O5/c25-22(26)7-6-12-11(8-22)2-1-3-13(12)19(37)30-15-10-34-21(28)29-14(9-33-16(35)4-5-17(33)36)18-23(34,24(15,38)39)32-20(27)31-18/h1-3,14-15,18,38-39H,4-10H2,(H6,27,28,29,30,31,32,37)/p+1/t14-,15?,18-,23-/m0/s1. The van der Waals surface area contributed by atoms with Gasteiger partial charge in [-0.15, -0.1) is 0 Å². The number of benzene rings is 1. The fourth-order valence-electron chi connectivity index (χ4n) is 6.55. The van der Waals surface area contributed by atoms with Gasteiger partial charge in [-0.05, 0) is 23.6 Å². The van der Waals surface area contributed by atoms with Crippen LogP contribution in [0.25, 0.3) is 0 Å². The van der Waals surface area contributed by atoms with Gasteiger partial charge in [0.15, 0.2) is 5.96 Å². The van der Waals surface area contributed by atoms with Gasteiger partial charge in [0.25, 0.3) is 11.8 Å². The maximum atomic E-state index is 13.9. The summed E-state index contributed by atoms with van der Waals surface area (Å²) in [6.45, 7) is -0.309. The highest BCUT2D eigenvalue weighted by Gasteiger charge is 2.75. The maximum Gasteiger partial charge on any atom is 0.346 e. The van der Waals surface area contributed by atoms with Crippen molar-refractivity contribution in [3.05, 3.63) is 34.9 Å². The molecule has 13 nitrogen and oxygen atoms in total. The lowest BCUT2D eigenvalue weighted by Crippen LogP contribution is -2.79. The third-order valence-electron chi connectivity index (χ3n) is 8.41. The first-order valence-electron chi connectivity index (χ1n) is 12.7. The van der Waals surface area contributed by atoms with Crippen LogP contribution in [-0.4, -0.2) is 97.9 Å². The van der Waals surface area contributed by atoms with E-state index in [1.807, 2.05) is 0 Å². The topological polar surface area (TPSA) is 198 Å². The Morgan fingerprint density at radius 1 is 1.21 bits per heavy atom. The van der Waals surface area contributed by atoms with E-state index < -0.39 is 54.2 Å². The number of carbonyl (C=O) groups excluding carboxylic acids is 3. The Bertz CT molecular complexity index is 1350. The molecule has 1 aromatic rings. The van der Waals surface area contributed by atoms with Gasteiger partial charge in [-0.2, -0.15) is 0 Å². The van der Waals surface area contributed by atoms with Crippen molar-refractivity contribution >= 4 is 29.6 Å². The van der Waals surface area contributed by atoms with Crippen LogP contribution in [-0.2, 0) is 22.4 Å². The fraction of sp³-hybridized carbons (Fsp3) is 0.542. The highest BCUT2D eigenvalue weighted by Crippen LogP contribution is 2.42. The molecule has 4 aliphatic heterocycles. The van der Waals surface area contributed by atoms with E-state index in [2.05, 4.69) is 20.9 Å². The van der Waals surface area contributed by atoms with Crippen molar-refractivity contribution in [1.82, 2.24) is 20.9 Å². The zero-order valence-corrected chi connectivity index (χ0v) is 20.8. The minimum atomic E-state index is -2.86. The molecule has 2 saturated heterocycles. The second-order valence-corrected chi connectivity index (χ2v) is 10.7. The van der Waals surface area contributed by atoms with Gasteiger partial charge in [0.1, 0.15) is 18.1 Å². The monoisotopic (exact) mass is 547 g/mol. The predicted molar refractivity (Wildman–Crippen MR) is 130 cm³/mol. The number of imide groups is 1. The number of guanidine groups is 2. The van der Waals surface area contributed by atoms with E-state index in [1.165, 1.54) is 16.7 Å². The number of aliphatic imine (C=N–C) groups is 1. The van der Waals surface area contributed by atoms with Crippen LogP contribution in [0.15, 0.2) is 23.2 Å². The Kier molecular flexibility index (Phi) is 5.43. The Balaban J connectivity index is 1.30. The molecule has 5 aliphatic rings. The summed E-state index contributed by atoms with van der Waals surface area (Å²) in [6, 6.07) is 1.40. The average Bonchev–Trinajstić information content (AvgIpc) is 3.45. The number of aliphatic hydroxyl groups is 2. The minimum Gasteiger partial charge on any atom is -0.370 e. The summed E-state index contributed by atoms with van der Waals surface area (Å²) in [5.41, 5.74) is 11.5. The largest absolute Gasteiger partial charge is 0.370 e. The summed E-state index contributed by atoms with van der Waals surface area (Å²) in [7, 11) is 0. The molecule has 6 rings (SSSR count). The van der Waals surface area contributed by atoms with Crippen molar-refractivity contribution in [3.63, 3.8) is 0 Å². The third kappa shape index (κ3) is 3.66. The van der Waals surface area contributed by atoms with Gasteiger partial charge in [-0.3, -0.25) is 30.3 Å². The molecule has 208 valence electrons. The SMILES string of the molecule is NC1=N[C@H]2[C@H](CN3C(=O)CCC3=O)NC(N)=[N+]3CC(NC(=O)c4cccc5c4CCC(F)(F)C5)C(O)(O)[C@]23N1. The van der Waals surface area contributed by atoms with E-state index >= 15 is 0 Å². The highest BCUT2D eigenvalue weighted by molar-refractivity contribution is 6.02. The van der Waals surface area contributed by atoms with Gasteiger partial charge in [0, 0.05) is 31.2 Å². The Morgan fingerprint density at radius 3 is 2.64 bits per heavy atom. The van der Waals surface area contributed by atoms with Crippen molar-refractivity contribution in [2.75, 3.05) is 13.1 Å². The summed E-state index contributed by atoms with van der Waals surface area (Å²) in [4.78, 5) is 43.3. The highest BCUT2D eigenvalue weighted by atomic mass is 19.3. The number of amides is 3. The number of halogens is 2. The van der Waals surface area contributed by atoms with E-state index in [0.717, 1.165) is 4.90 Å². The molecule has 0 bridgehead atoms. The minimum absolute atomic E-state index is 0.00343. The van der Waals surface area contributed by atoms with Crippen LogP contribution in [0, 0.1) is 0 Å². The van der Waals surface area contributed by atoms with E-state index in [1.54, 1.807) is 6.07 Å². The fourth-order valence-corrected chi connectivity index (χ4v) is 6.55. The number of carbonyl (C=O) groups is 3. The first-order valence-corrected chi connectivity index (χ1v) is 12.7. The number of fused-ring (bicyclic) bond motifs is 1. The van der Waals surface area contributed by atoms with E-state index in [0.29, 0.717) is 11.1 Å². The quantitative estimate of drug-likeness (QED) is 0.117. The smallest absolute Gasteiger partial charge is 0.346 e. The first-order chi connectivity index (χ1) is 18.3. The molecule has 1 aliphatic carbocycles. The molecule has 1 spiro atoms. The van der Waals surface area contributed by atoms with Crippen LogP contribution in [0.5, 0.6) is 0 Å². The van der Waals surface area contributed by atoms with Crippen LogP contribution in [0.2, 0.25) is 0 Å². The molecular formula is C24H29F2N8O5+. The molecule has 3 amide bonds. The lowest BCUT2D eigenvalue weighted by atomic mass is 9.84. The molecule has 1 unspecified atom stereocenters. The number of alkyl halides is 2. The van der Waals surface area contributed by atoms with Crippen LogP contribution < -0.4 is 27.4 Å².